The summed E-state index contributed by atoms with van der Waals surface area (Å²) in [6.45, 7) is 0.409. The lowest BCUT2D eigenvalue weighted by molar-refractivity contribution is 0.462. The van der Waals surface area contributed by atoms with E-state index in [0.717, 1.165) is 28.0 Å². The first-order valence-corrected chi connectivity index (χ1v) is 9.83. The first-order chi connectivity index (χ1) is 12.7. The molecule has 4 rings (SSSR count). The lowest BCUT2D eigenvalue weighted by Crippen LogP contribution is -2.24. The van der Waals surface area contributed by atoms with Crippen LogP contribution in [0.1, 0.15) is 37.7 Å². The van der Waals surface area contributed by atoms with Crippen molar-refractivity contribution in [1.29, 1.82) is 0 Å². The Morgan fingerprint density at radius 3 is 2.69 bits per heavy atom. The molecule has 1 aliphatic rings. The highest BCUT2D eigenvalue weighted by molar-refractivity contribution is 6.36. The fourth-order valence-electron chi connectivity index (χ4n) is 3.85. The number of fused-ring (bicyclic) bond motifs is 1. The summed E-state index contributed by atoms with van der Waals surface area (Å²) in [5.74, 6) is 0. The number of benzene rings is 1. The molecule has 1 fully saturated rings. The van der Waals surface area contributed by atoms with Gasteiger partial charge in [-0.1, -0.05) is 48.5 Å². The molecular weight excluding hydrogens is 367 g/mol. The number of hydrogen-bond acceptors (Lipinski definition) is 3. The van der Waals surface area contributed by atoms with Crippen molar-refractivity contribution in [3.63, 3.8) is 0 Å². The molecule has 2 aromatic heterocycles. The average molecular weight is 389 g/mol. The van der Waals surface area contributed by atoms with Gasteiger partial charge in [-0.3, -0.25) is 0 Å². The summed E-state index contributed by atoms with van der Waals surface area (Å²) in [7, 11) is 0. The molecule has 3 N–H and O–H groups in total. The zero-order valence-corrected chi connectivity index (χ0v) is 16.0. The molecule has 136 valence electrons. The van der Waals surface area contributed by atoms with E-state index >= 15 is 0 Å². The monoisotopic (exact) mass is 388 g/mol. The third-order valence-electron chi connectivity index (χ3n) is 5.17. The van der Waals surface area contributed by atoms with Crippen LogP contribution >= 0.6 is 23.2 Å². The Bertz CT molecular complexity index is 929. The Balaban J connectivity index is 1.87. The molecule has 1 aliphatic carbocycles. The van der Waals surface area contributed by atoms with Crippen LogP contribution in [0.25, 0.3) is 16.8 Å². The second-order valence-corrected chi connectivity index (χ2v) is 7.71. The van der Waals surface area contributed by atoms with Crippen LogP contribution in [0.15, 0.2) is 36.8 Å². The normalized spacial score (nSPS) is 15.5. The maximum atomic E-state index is 6.49. The Hall–Kier alpha value is -1.75. The van der Waals surface area contributed by atoms with E-state index < -0.39 is 0 Å². The van der Waals surface area contributed by atoms with Crippen molar-refractivity contribution in [3.05, 3.63) is 52.4 Å². The maximum absolute atomic E-state index is 6.49. The van der Waals surface area contributed by atoms with Crippen molar-refractivity contribution in [3.8, 4) is 11.1 Å². The predicted octanol–water partition coefficient (Wildman–Crippen LogP) is 5.51. The summed E-state index contributed by atoms with van der Waals surface area (Å²) in [6.07, 6.45) is 12.0. The molecule has 6 heteroatoms. The van der Waals surface area contributed by atoms with E-state index in [1.165, 1.54) is 32.1 Å². The molecule has 1 saturated carbocycles. The number of rotatable bonds is 4. The van der Waals surface area contributed by atoms with Gasteiger partial charge in [0.1, 0.15) is 0 Å². The molecule has 0 radical (unpaired) electrons. The Morgan fingerprint density at radius 2 is 1.96 bits per heavy atom. The lowest BCUT2D eigenvalue weighted by Gasteiger charge is -2.26. The van der Waals surface area contributed by atoms with Crippen molar-refractivity contribution >= 4 is 34.5 Å². The highest BCUT2D eigenvalue weighted by Gasteiger charge is 2.20. The van der Waals surface area contributed by atoms with Gasteiger partial charge in [0.15, 0.2) is 5.65 Å². The third-order valence-corrected chi connectivity index (χ3v) is 5.71. The molecule has 0 unspecified atom stereocenters. The van der Waals surface area contributed by atoms with Crippen molar-refractivity contribution in [2.45, 2.75) is 44.7 Å². The van der Waals surface area contributed by atoms with Gasteiger partial charge in [0.05, 0.1) is 5.69 Å². The molecule has 26 heavy (non-hydrogen) atoms. The van der Waals surface area contributed by atoms with Crippen LogP contribution in [0.2, 0.25) is 10.0 Å². The fraction of sp³-hybridized carbons (Fsp3) is 0.350. The molecule has 4 nitrogen and oxygen atoms in total. The third kappa shape index (κ3) is 3.29. The lowest BCUT2D eigenvalue weighted by atomic mass is 9.94. The molecule has 0 atom stereocenters. The quantitative estimate of drug-likeness (QED) is 0.619. The van der Waals surface area contributed by atoms with Crippen LogP contribution in [0.5, 0.6) is 0 Å². The number of hydrogen-bond donors (Lipinski definition) is 2. The topological polar surface area (TPSA) is 55.4 Å². The van der Waals surface area contributed by atoms with Crippen molar-refractivity contribution in [1.82, 2.24) is 9.38 Å². The zero-order valence-electron chi connectivity index (χ0n) is 14.5. The summed E-state index contributed by atoms with van der Waals surface area (Å²) in [5.41, 5.74) is 11.1. The number of nitrogens with zero attached hydrogens (tertiary/aromatic N) is 2. The molecule has 3 aromatic rings. The number of imidazole rings is 1. The SMILES string of the molecule is NCc1c(-c2ccc(Cl)cc2Cl)cn2ccnc2c1NC1CCCCC1. The molecule has 0 aliphatic heterocycles. The minimum absolute atomic E-state index is 0.409. The first-order valence-electron chi connectivity index (χ1n) is 9.08. The molecule has 1 aromatic carbocycles. The smallest absolute Gasteiger partial charge is 0.160 e. The summed E-state index contributed by atoms with van der Waals surface area (Å²) in [5, 5.41) is 4.98. The van der Waals surface area contributed by atoms with Crippen LogP contribution in [0.3, 0.4) is 0 Å². The molecule has 2 heterocycles. The fourth-order valence-corrected chi connectivity index (χ4v) is 4.36. The van der Waals surface area contributed by atoms with Gasteiger partial charge in [0, 0.05) is 57.9 Å². The van der Waals surface area contributed by atoms with E-state index in [9.17, 15) is 0 Å². The van der Waals surface area contributed by atoms with Crippen molar-refractivity contribution in [2.75, 3.05) is 5.32 Å². The second kappa shape index (κ2) is 7.47. The Morgan fingerprint density at radius 1 is 1.15 bits per heavy atom. The predicted molar refractivity (Wildman–Crippen MR) is 109 cm³/mol. The number of nitrogens with one attached hydrogen (secondary N) is 1. The largest absolute Gasteiger partial charge is 0.379 e. The number of halogens is 2. The number of nitrogens with two attached hydrogens (primary N) is 1. The van der Waals surface area contributed by atoms with Gasteiger partial charge in [0.2, 0.25) is 0 Å². The molecule has 0 bridgehead atoms. The van der Waals surface area contributed by atoms with Gasteiger partial charge in [-0.2, -0.15) is 0 Å². The first kappa shape index (κ1) is 17.7. The van der Waals surface area contributed by atoms with E-state index in [-0.39, 0.29) is 0 Å². The van der Waals surface area contributed by atoms with Gasteiger partial charge in [-0.15, -0.1) is 0 Å². The van der Waals surface area contributed by atoms with Crippen LogP contribution in [0.4, 0.5) is 5.69 Å². The standard InChI is InChI=1S/C20H22Cl2N4/c21-13-6-7-15(18(22)10-13)17-12-26-9-8-24-20(26)19(16(17)11-23)25-14-4-2-1-3-5-14/h6-10,12,14,25H,1-5,11,23H2. The minimum atomic E-state index is 0.409. The van der Waals surface area contributed by atoms with Crippen LogP contribution in [0, 0.1) is 0 Å². The highest BCUT2D eigenvalue weighted by atomic mass is 35.5. The second-order valence-electron chi connectivity index (χ2n) is 6.86. The summed E-state index contributed by atoms with van der Waals surface area (Å²) in [6, 6.07) is 6.04. The van der Waals surface area contributed by atoms with E-state index in [2.05, 4.69) is 10.3 Å². The summed E-state index contributed by atoms with van der Waals surface area (Å²) < 4.78 is 2.03. The van der Waals surface area contributed by atoms with E-state index in [0.29, 0.717) is 22.6 Å². The van der Waals surface area contributed by atoms with Crippen LogP contribution in [-0.2, 0) is 6.54 Å². The zero-order chi connectivity index (χ0) is 18.1. The summed E-state index contributed by atoms with van der Waals surface area (Å²) >= 11 is 12.6. The maximum Gasteiger partial charge on any atom is 0.160 e. The van der Waals surface area contributed by atoms with Gasteiger partial charge in [0.25, 0.3) is 0 Å². The van der Waals surface area contributed by atoms with Gasteiger partial charge in [-0.25, -0.2) is 4.98 Å². The highest BCUT2D eigenvalue weighted by Crippen LogP contribution is 2.37. The van der Waals surface area contributed by atoms with Crippen molar-refractivity contribution < 1.29 is 0 Å². The van der Waals surface area contributed by atoms with Gasteiger partial charge >= 0.3 is 0 Å². The number of pyridine rings is 1. The average Bonchev–Trinajstić information content (AvgIpc) is 3.11. The molecule has 0 spiro atoms. The minimum Gasteiger partial charge on any atom is -0.379 e. The van der Waals surface area contributed by atoms with Crippen LogP contribution in [-0.4, -0.2) is 15.4 Å². The molecule has 0 amide bonds. The van der Waals surface area contributed by atoms with Gasteiger partial charge in [-0.05, 0) is 25.0 Å². The molecular formula is C20H22Cl2N4. The Kier molecular flexibility index (Phi) is 5.07. The number of anilines is 1. The van der Waals surface area contributed by atoms with E-state index in [4.69, 9.17) is 28.9 Å². The van der Waals surface area contributed by atoms with Crippen LogP contribution < -0.4 is 11.1 Å². The Labute approximate surface area is 163 Å². The molecule has 0 saturated heterocycles. The van der Waals surface area contributed by atoms with Crippen molar-refractivity contribution in [2.24, 2.45) is 5.73 Å². The number of aromatic nitrogens is 2. The summed E-state index contributed by atoms with van der Waals surface area (Å²) in [4.78, 5) is 4.55. The van der Waals surface area contributed by atoms with Gasteiger partial charge < -0.3 is 15.5 Å². The van der Waals surface area contributed by atoms with E-state index in [1.807, 2.05) is 35.1 Å². The van der Waals surface area contributed by atoms with E-state index in [1.54, 1.807) is 6.07 Å².